The summed E-state index contributed by atoms with van der Waals surface area (Å²) in [7, 11) is -3.45. The van der Waals surface area contributed by atoms with Gasteiger partial charge in [-0.3, -0.25) is 9.67 Å². The van der Waals surface area contributed by atoms with Gasteiger partial charge in [0.05, 0.1) is 18.8 Å². The molecule has 0 atom stereocenters. The van der Waals surface area contributed by atoms with Crippen molar-refractivity contribution in [3.63, 3.8) is 0 Å². The molecule has 0 saturated heterocycles. The third-order valence-electron chi connectivity index (χ3n) is 2.98. The van der Waals surface area contributed by atoms with E-state index in [0.717, 1.165) is 5.69 Å². The highest BCUT2D eigenvalue weighted by Crippen LogP contribution is 2.20. The first-order valence-electron chi connectivity index (χ1n) is 5.59. The number of sulfonamides is 1. The van der Waals surface area contributed by atoms with Gasteiger partial charge in [0.2, 0.25) is 10.0 Å². The molecule has 3 heterocycles. The summed E-state index contributed by atoms with van der Waals surface area (Å²) < 4.78 is 28.0. The molecule has 94 valence electrons. The Hall–Kier alpha value is -1.73. The molecule has 0 aromatic carbocycles. The van der Waals surface area contributed by atoms with Crippen molar-refractivity contribution in [2.24, 2.45) is 0 Å². The summed E-state index contributed by atoms with van der Waals surface area (Å²) in [6.45, 7) is 1.38. The molecule has 0 amide bonds. The Labute approximate surface area is 105 Å². The molecule has 0 fully saturated rings. The summed E-state index contributed by atoms with van der Waals surface area (Å²) in [5.74, 6) is 0. The van der Waals surface area contributed by atoms with E-state index in [-0.39, 0.29) is 4.90 Å². The zero-order valence-electron chi connectivity index (χ0n) is 9.60. The number of fused-ring (bicyclic) bond motifs is 1. The van der Waals surface area contributed by atoms with Gasteiger partial charge >= 0.3 is 0 Å². The molecule has 7 heteroatoms. The van der Waals surface area contributed by atoms with Crippen molar-refractivity contribution in [2.75, 3.05) is 6.54 Å². The molecule has 0 radical (unpaired) electrons. The van der Waals surface area contributed by atoms with Crippen LogP contribution in [0.4, 0.5) is 0 Å². The Bertz CT molecular complexity index is 651. The van der Waals surface area contributed by atoms with Gasteiger partial charge in [-0.05, 0) is 18.2 Å². The van der Waals surface area contributed by atoms with Crippen LogP contribution in [0.2, 0.25) is 0 Å². The second-order valence-electron chi connectivity index (χ2n) is 4.07. The van der Waals surface area contributed by atoms with Gasteiger partial charge in [-0.1, -0.05) is 0 Å². The van der Waals surface area contributed by atoms with Gasteiger partial charge in [0, 0.05) is 25.1 Å². The largest absolute Gasteiger partial charge is 0.267 e. The topological polar surface area (TPSA) is 68.1 Å². The van der Waals surface area contributed by atoms with E-state index in [1.807, 2.05) is 10.7 Å². The lowest BCUT2D eigenvalue weighted by molar-refractivity contribution is 0.326. The van der Waals surface area contributed by atoms with Crippen molar-refractivity contribution < 1.29 is 8.42 Å². The first-order valence-corrected chi connectivity index (χ1v) is 7.03. The SMILES string of the molecule is O=S(=O)(c1cccnc1)N1CCn2nccc2C1. The van der Waals surface area contributed by atoms with E-state index in [9.17, 15) is 8.42 Å². The summed E-state index contributed by atoms with van der Waals surface area (Å²) in [4.78, 5) is 4.09. The predicted octanol–water partition coefficient (Wildman–Crippen LogP) is 0.483. The molecular weight excluding hydrogens is 252 g/mol. The normalized spacial score (nSPS) is 16.4. The van der Waals surface area contributed by atoms with Crippen LogP contribution in [0.5, 0.6) is 0 Å². The van der Waals surface area contributed by atoms with Crippen molar-refractivity contribution in [3.05, 3.63) is 42.5 Å². The number of nitrogens with zero attached hydrogens (tertiary/aromatic N) is 4. The summed E-state index contributed by atoms with van der Waals surface area (Å²) in [6, 6.07) is 5.03. The smallest absolute Gasteiger partial charge is 0.245 e. The minimum atomic E-state index is -3.45. The maximum absolute atomic E-state index is 12.4. The standard InChI is InChI=1S/C11H12N4O2S/c16-18(17,11-2-1-4-12-8-11)14-6-7-15-10(9-14)3-5-13-15/h1-5,8H,6-7,9H2. The van der Waals surface area contributed by atoms with Crippen LogP contribution in [0.1, 0.15) is 5.69 Å². The number of rotatable bonds is 2. The fourth-order valence-corrected chi connectivity index (χ4v) is 3.38. The van der Waals surface area contributed by atoms with Crippen LogP contribution in [-0.2, 0) is 23.1 Å². The van der Waals surface area contributed by atoms with Crippen LogP contribution in [0.15, 0.2) is 41.7 Å². The fourth-order valence-electron chi connectivity index (χ4n) is 2.02. The second kappa shape index (κ2) is 4.18. The zero-order chi connectivity index (χ0) is 12.6. The average molecular weight is 264 g/mol. The number of hydrogen-bond acceptors (Lipinski definition) is 4. The van der Waals surface area contributed by atoms with Crippen LogP contribution >= 0.6 is 0 Å². The van der Waals surface area contributed by atoms with Crippen molar-refractivity contribution in [3.8, 4) is 0 Å². The lowest BCUT2D eigenvalue weighted by Crippen LogP contribution is -2.38. The maximum atomic E-state index is 12.4. The van der Waals surface area contributed by atoms with Crippen LogP contribution in [0.25, 0.3) is 0 Å². The van der Waals surface area contributed by atoms with E-state index in [0.29, 0.717) is 19.6 Å². The molecule has 18 heavy (non-hydrogen) atoms. The minimum Gasteiger partial charge on any atom is -0.267 e. The van der Waals surface area contributed by atoms with Gasteiger partial charge in [0.25, 0.3) is 0 Å². The van der Waals surface area contributed by atoms with Crippen LogP contribution in [0, 0.1) is 0 Å². The predicted molar refractivity (Wildman–Crippen MR) is 64.1 cm³/mol. The fraction of sp³-hybridized carbons (Fsp3) is 0.273. The molecule has 0 aliphatic carbocycles. The van der Waals surface area contributed by atoms with Gasteiger partial charge in [-0.2, -0.15) is 9.40 Å². The summed E-state index contributed by atoms with van der Waals surface area (Å²) in [5, 5.41) is 4.13. The first-order chi connectivity index (χ1) is 8.68. The highest BCUT2D eigenvalue weighted by Gasteiger charge is 2.28. The summed E-state index contributed by atoms with van der Waals surface area (Å²) in [6.07, 6.45) is 4.63. The van der Waals surface area contributed by atoms with E-state index < -0.39 is 10.0 Å². The van der Waals surface area contributed by atoms with Crippen molar-refractivity contribution in [2.45, 2.75) is 18.0 Å². The monoisotopic (exact) mass is 264 g/mol. The molecule has 0 N–H and O–H groups in total. The molecule has 1 aliphatic rings. The Kier molecular flexibility index (Phi) is 2.64. The highest BCUT2D eigenvalue weighted by atomic mass is 32.2. The summed E-state index contributed by atoms with van der Waals surface area (Å²) >= 11 is 0. The lowest BCUT2D eigenvalue weighted by atomic mass is 10.3. The molecule has 3 rings (SSSR count). The molecule has 0 unspecified atom stereocenters. The van der Waals surface area contributed by atoms with E-state index >= 15 is 0 Å². The van der Waals surface area contributed by atoms with Gasteiger partial charge in [-0.25, -0.2) is 8.42 Å². The van der Waals surface area contributed by atoms with E-state index in [4.69, 9.17) is 0 Å². The average Bonchev–Trinajstić information content (AvgIpc) is 2.87. The third kappa shape index (κ3) is 1.81. The maximum Gasteiger partial charge on any atom is 0.245 e. The molecular formula is C11H12N4O2S. The molecule has 6 nitrogen and oxygen atoms in total. The third-order valence-corrected chi connectivity index (χ3v) is 4.80. The second-order valence-corrected chi connectivity index (χ2v) is 6.01. The van der Waals surface area contributed by atoms with Crippen LogP contribution < -0.4 is 0 Å². The van der Waals surface area contributed by atoms with Crippen LogP contribution in [-0.4, -0.2) is 34.0 Å². The minimum absolute atomic E-state index is 0.234. The lowest BCUT2D eigenvalue weighted by Gasteiger charge is -2.26. The first kappa shape index (κ1) is 11.4. The molecule has 1 aliphatic heterocycles. The molecule has 2 aromatic rings. The Balaban J connectivity index is 1.93. The van der Waals surface area contributed by atoms with Gasteiger partial charge in [-0.15, -0.1) is 0 Å². The quantitative estimate of drug-likeness (QED) is 0.791. The van der Waals surface area contributed by atoms with Gasteiger partial charge in [0.15, 0.2) is 0 Å². The van der Waals surface area contributed by atoms with Crippen molar-refractivity contribution in [1.82, 2.24) is 19.1 Å². The summed E-state index contributed by atoms with van der Waals surface area (Å²) in [5.41, 5.74) is 0.911. The molecule has 0 spiro atoms. The van der Waals surface area contributed by atoms with E-state index in [1.54, 1.807) is 24.5 Å². The van der Waals surface area contributed by atoms with E-state index in [2.05, 4.69) is 10.1 Å². The Morgan fingerprint density at radius 1 is 1.17 bits per heavy atom. The Morgan fingerprint density at radius 2 is 2.06 bits per heavy atom. The molecule has 0 bridgehead atoms. The molecule has 0 saturated carbocycles. The van der Waals surface area contributed by atoms with Crippen molar-refractivity contribution >= 4 is 10.0 Å². The van der Waals surface area contributed by atoms with Gasteiger partial charge < -0.3 is 0 Å². The highest BCUT2D eigenvalue weighted by molar-refractivity contribution is 7.89. The number of hydrogen-bond donors (Lipinski definition) is 0. The van der Waals surface area contributed by atoms with Gasteiger partial charge in [0.1, 0.15) is 4.90 Å². The van der Waals surface area contributed by atoms with Crippen LogP contribution in [0.3, 0.4) is 0 Å². The van der Waals surface area contributed by atoms with Crippen molar-refractivity contribution in [1.29, 1.82) is 0 Å². The number of aromatic nitrogens is 3. The Morgan fingerprint density at radius 3 is 2.83 bits per heavy atom. The van der Waals surface area contributed by atoms with E-state index in [1.165, 1.54) is 10.5 Å². The molecule has 2 aromatic heterocycles. The number of pyridine rings is 1. The zero-order valence-corrected chi connectivity index (χ0v) is 10.4.